The number of hydrogen-bond acceptors (Lipinski definition) is 2. The minimum Gasteiger partial charge on any atom is -0.490 e. The van der Waals surface area contributed by atoms with E-state index < -0.39 is 11.6 Å². The molecule has 0 atom stereocenters. The Kier molecular flexibility index (Phi) is 5.08. The molecule has 1 aromatic carbocycles. The molecule has 19 heavy (non-hydrogen) atoms. The van der Waals surface area contributed by atoms with E-state index in [1.54, 1.807) is 0 Å². The monoisotopic (exact) mass is 286 g/mol. The van der Waals surface area contributed by atoms with E-state index in [1.807, 2.05) is 0 Å². The molecule has 2 rings (SSSR count). The summed E-state index contributed by atoms with van der Waals surface area (Å²) in [6.07, 6.45) is 6.99. The van der Waals surface area contributed by atoms with Crippen LogP contribution in [0, 0.1) is 17.0 Å². The zero-order valence-corrected chi connectivity index (χ0v) is 11.9. The fraction of sp³-hybridized carbons (Fsp3) is 0.600. The molecule has 1 aliphatic rings. The number of rotatable bonds is 4. The predicted molar refractivity (Wildman–Crippen MR) is 75.8 cm³/mol. The third-order valence-electron chi connectivity index (χ3n) is 3.93. The number of ether oxygens (including phenoxy) is 1. The van der Waals surface area contributed by atoms with Crippen molar-refractivity contribution < 1.29 is 13.5 Å². The lowest BCUT2D eigenvalue weighted by atomic mass is 9.83. The molecule has 0 aliphatic heterocycles. The van der Waals surface area contributed by atoms with Gasteiger partial charge >= 0.3 is 0 Å². The third-order valence-corrected chi connectivity index (χ3v) is 4.60. The van der Waals surface area contributed by atoms with Gasteiger partial charge in [-0.1, -0.05) is 25.7 Å². The van der Waals surface area contributed by atoms with Gasteiger partial charge in [-0.25, -0.2) is 8.78 Å². The van der Waals surface area contributed by atoms with Crippen LogP contribution in [0.5, 0.6) is 5.75 Å². The average molecular weight is 286 g/mol. The van der Waals surface area contributed by atoms with Crippen LogP contribution in [0.1, 0.15) is 38.5 Å². The van der Waals surface area contributed by atoms with E-state index in [-0.39, 0.29) is 11.2 Å². The lowest BCUT2D eigenvalue weighted by Crippen LogP contribution is -2.30. The second-order valence-electron chi connectivity index (χ2n) is 5.44. The fourth-order valence-electron chi connectivity index (χ4n) is 2.65. The summed E-state index contributed by atoms with van der Waals surface area (Å²) in [6, 6.07) is 3.43. The number of halogens is 2. The topological polar surface area (TPSA) is 9.23 Å². The molecule has 1 aromatic rings. The molecule has 0 spiro atoms. The third kappa shape index (κ3) is 3.85. The summed E-state index contributed by atoms with van der Waals surface area (Å²) in [5, 5.41) is 0. The van der Waals surface area contributed by atoms with Crippen LogP contribution in [0.25, 0.3) is 0 Å². The van der Waals surface area contributed by atoms with Crippen molar-refractivity contribution >= 4 is 12.6 Å². The molecule has 0 saturated heterocycles. The Hall–Kier alpha value is -0.770. The Labute approximate surface area is 118 Å². The smallest absolute Gasteiger partial charge is 0.167 e. The Morgan fingerprint density at radius 2 is 1.79 bits per heavy atom. The van der Waals surface area contributed by atoms with Crippen LogP contribution in [0.15, 0.2) is 18.2 Å². The van der Waals surface area contributed by atoms with E-state index in [4.69, 9.17) is 4.74 Å². The first-order chi connectivity index (χ1) is 9.15. The van der Waals surface area contributed by atoms with E-state index >= 15 is 0 Å². The zero-order valence-electron chi connectivity index (χ0n) is 11.0. The second-order valence-corrected chi connectivity index (χ2v) is 5.75. The van der Waals surface area contributed by atoms with Gasteiger partial charge in [0.05, 0.1) is 6.61 Å². The molecular formula is C15H20F2OS. The van der Waals surface area contributed by atoms with Crippen molar-refractivity contribution in [2.24, 2.45) is 5.41 Å². The molecule has 1 aliphatic carbocycles. The molecule has 0 amide bonds. The molecule has 0 N–H and O–H groups in total. The Morgan fingerprint density at radius 3 is 2.37 bits per heavy atom. The summed E-state index contributed by atoms with van der Waals surface area (Å²) in [4.78, 5) is 0. The minimum atomic E-state index is -0.636. The van der Waals surface area contributed by atoms with Crippen molar-refractivity contribution in [1.82, 2.24) is 0 Å². The fourth-order valence-corrected chi connectivity index (χ4v) is 3.06. The highest BCUT2D eigenvalue weighted by molar-refractivity contribution is 7.80. The molecule has 0 bridgehead atoms. The van der Waals surface area contributed by atoms with Crippen LogP contribution in [0.4, 0.5) is 8.78 Å². The summed E-state index contributed by atoms with van der Waals surface area (Å²) in [5.74, 6) is -0.339. The highest BCUT2D eigenvalue weighted by Gasteiger charge is 2.30. The van der Waals surface area contributed by atoms with Crippen LogP contribution in [0.3, 0.4) is 0 Å². The average Bonchev–Trinajstić information content (AvgIpc) is 2.64. The second kappa shape index (κ2) is 6.60. The highest BCUT2D eigenvalue weighted by Crippen LogP contribution is 2.36. The number of thiol groups is 1. The lowest BCUT2D eigenvalue weighted by Gasteiger charge is -2.31. The quantitative estimate of drug-likeness (QED) is 0.628. The van der Waals surface area contributed by atoms with Crippen LogP contribution in [-0.2, 0) is 0 Å². The van der Waals surface area contributed by atoms with Crippen LogP contribution in [-0.4, -0.2) is 12.4 Å². The molecule has 4 heteroatoms. The van der Waals surface area contributed by atoms with Crippen LogP contribution in [0.2, 0.25) is 0 Å². The molecule has 106 valence electrons. The minimum absolute atomic E-state index is 0.0282. The maximum Gasteiger partial charge on any atom is 0.167 e. The number of hydrogen-bond donors (Lipinski definition) is 1. The van der Waals surface area contributed by atoms with Gasteiger partial charge in [0.2, 0.25) is 0 Å². The van der Waals surface area contributed by atoms with Gasteiger partial charge in [-0.15, -0.1) is 0 Å². The van der Waals surface area contributed by atoms with Crippen molar-refractivity contribution in [2.75, 3.05) is 12.4 Å². The van der Waals surface area contributed by atoms with Crippen molar-refractivity contribution in [2.45, 2.75) is 38.5 Å². The van der Waals surface area contributed by atoms with E-state index in [0.29, 0.717) is 6.61 Å². The SMILES string of the molecule is Fc1ccc(OCC2(CS)CCCCCC2)c(F)c1. The molecule has 0 unspecified atom stereocenters. The first-order valence-corrected chi connectivity index (χ1v) is 7.47. The molecule has 1 nitrogen and oxygen atoms in total. The summed E-state index contributed by atoms with van der Waals surface area (Å²) < 4.78 is 31.9. The summed E-state index contributed by atoms with van der Waals surface area (Å²) in [7, 11) is 0. The largest absolute Gasteiger partial charge is 0.490 e. The molecule has 0 heterocycles. The van der Waals surface area contributed by atoms with Crippen LogP contribution >= 0.6 is 12.6 Å². The Bertz CT molecular complexity index is 415. The van der Waals surface area contributed by atoms with Crippen molar-refractivity contribution in [3.63, 3.8) is 0 Å². The maximum atomic E-state index is 13.5. The first-order valence-electron chi connectivity index (χ1n) is 6.84. The molecular weight excluding hydrogens is 266 g/mol. The van der Waals surface area contributed by atoms with Gasteiger partial charge < -0.3 is 4.74 Å². The van der Waals surface area contributed by atoms with Crippen molar-refractivity contribution in [1.29, 1.82) is 0 Å². The normalized spacial score (nSPS) is 18.9. The Morgan fingerprint density at radius 1 is 1.11 bits per heavy atom. The first kappa shape index (κ1) is 14.6. The van der Waals surface area contributed by atoms with Gasteiger partial charge in [0.25, 0.3) is 0 Å². The van der Waals surface area contributed by atoms with Gasteiger partial charge in [0.1, 0.15) is 5.82 Å². The standard InChI is InChI=1S/C15H20F2OS/c16-12-5-6-14(13(17)9-12)18-10-15(11-19)7-3-1-2-4-8-15/h5-6,9,19H,1-4,7-8,10-11H2. The summed E-state index contributed by atoms with van der Waals surface area (Å²) in [6.45, 7) is 0.457. The molecule has 1 saturated carbocycles. The van der Waals surface area contributed by atoms with Crippen molar-refractivity contribution in [3.05, 3.63) is 29.8 Å². The highest BCUT2D eigenvalue weighted by atomic mass is 32.1. The number of benzene rings is 1. The zero-order chi connectivity index (χ0) is 13.7. The summed E-state index contributed by atoms with van der Waals surface area (Å²) in [5.41, 5.74) is 0.0282. The van der Waals surface area contributed by atoms with Crippen LogP contribution < -0.4 is 4.74 Å². The molecule has 1 fully saturated rings. The van der Waals surface area contributed by atoms with Gasteiger partial charge in [0.15, 0.2) is 11.6 Å². The molecule has 0 aromatic heterocycles. The predicted octanol–water partition coefficient (Wildman–Crippen LogP) is 4.61. The van der Waals surface area contributed by atoms with Gasteiger partial charge in [-0.2, -0.15) is 12.6 Å². The summed E-state index contributed by atoms with van der Waals surface area (Å²) >= 11 is 4.45. The van der Waals surface area contributed by atoms with Gasteiger partial charge in [-0.3, -0.25) is 0 Å². The lowest BCUT2D eigenvalue weighted by molar-refractivity contribution is 0.144. The van der Waals surface area contributed by atoms with Crippen molar-refractivity contribution in [3.8, 4) is 5.75 Å². The van der Waals surface area contributed by atoms with E-state index in [0.717, 1.165) is 24.7 Å². The van der Waals surface area contributed by atoms with E-state index in [9.17, 15) is 8.78 Å². The Balaban J connectivity index is 2.02. The van der Waals surface area contributed by atoms with E-state index in [1.165, 1.54) is 37.8 Å². The van der Waals surface area contributed by atoms with Gasteiger partial charge in [0, 0.05) is 11.5 Å². The van der Waals surface area contributed by atoms with Gasteiger partial charge in [-0.05, 0) is 30.7 Å². The van der Waals surface area contributed by atoms with E-state index in [2.05, 4.69) is 12.6 Å². The maximum absolute atomic E-state index is 13.5. The molecule has 0 radical (unpaired) electrons.